The molecule has 0 saturated heterocycles. The maximum Gasteiger partial charge on any atom is 0.339 e. The molecule has 1 N–H and O–H groups in total. The number of thioether (sulfide) groups is 1. The van der Waals surface area contributed by atoms with Gasteiger partial charge in [-0.05, 0) is 38.5 Å². The van der Waals surface area contributed by atoms with E-state index in [4.69, 9.17) is 4.74 Å². The predicted molar refractivity (Wildman–Crippen MR) is 118 cm³/mol. The molecule has 4 aromatic rings. The van der Waals surface area contributed by atoms with Crippen molar-refractivity contribution in [1.82, 2.24) is 24.7 Å². The van der Waals surface area contributed by atoms with Crippen molar-refractivity contribution >= 4 is 34.5 Å². The van der Waals surface area contributed by atoms with E-state index in [9.17, 15) is 9.59 Å². The number of H-pyrrole nitrogens is 1. The van der Waals surface area contributed by atoms with Crippen molar-refractivity contribution in [2.75, 3.05) is 7.11 Å². The maximum atomic E-state index is 13.1. The minimum absolute atomic E-state index is 0.122. The van der Waals surface area contributed by atoms with Gasteiger partial charge in [0.2, 0.25) is 0 Å². The van der Waals surface area contributed by atoms with Crippen LogP contribution in [0, 0.1) is 13.8 Å². The lowest BCUT2D eigenvalue weighted by Gasteiger charge is -2.10. The van der Waals surface area contributed by atoms with Gasteiger partial charge in [-0.3, -0.25) is 4.79 Å². The van der Waals surface area contributed by atoms with Gasteiger partial charge in [-0.2, -0.15) is 5.10 Å². The Morgan fingerprint density at radius 2 is 1.90 bits per heavy atom. The Morgan fingerprint density at radius 1 is 1.16 bits per heavy atom. The maximum absolute atomic E-state index is 13.1. The number of rotatable bonds is 6. The lowest BCUT2D eigenvalue weighted by molar-refractivity contribution is 0.0599. The second kappa shape index (κ2) is 8.35. The van der Waals surface area contributed by atoms with Crippen molar-refractivity contribution in [2.45, 2.75) is 31.0 Å². The molecule has 0 radical (unpaired) electrons. The summed E-state index contributed by atoms with van der Waals surface area (Å²) in [5, 5.41) is 5.45. The summed E-state index contributed by atoms with van der Waals surface area (Å²) in [5.41, 5.74) is 3.57. The number of Topliss-reactive ketones (excluding diaryl/α,β-unsaturated/α-hetero) is 1. The third kappa shape index (κ3) is 3.72. The highest BCUT2D eigenvalue weighted by molar-refractivity contribution is 8.00. The zero-order valence-corrected chi connectivity index (χ0v) is 18.4. The number of ether oxygens (including phenoxy) is 1. The van der Waals surface area contributed by atoms with Gasteiger partial charge in [0.05, 0.1) is 40.9 Å². The largest absolute Gasteiger partial charge is 0.465 e. The fraction of sp³-hybridized carbons (Fsp3) is 0.227. The minimum atomic E-state index is -0.462. The normalized spacial score (nSPS) is 12.1. The average molecular weight is 436 g/mol. The summed E-state index contributed by atoms with van der Waals surface area (Å²) in [5.74, 6) is -0.584. The molecule has 0 aliphatic rings. The highest BCUT2D eigenvalue weighted by Crippen LogP contribution is 2.31. The SMILES string of the molecule is COC(=O)c1c(C)[nH]c(C(=O)C(C)Sc2ncnc3c2cnn3-c2ccccc2)c1C. The number of hydrogen-bond acceptors (Lipinski definition) is 7. The van der Waals surface area contributed by atoms with Crippen molar-refractivity contribution in [3.8, 4) is 5.69 Å². The van der Waals surface area contributed by atoms with Crippen LogP contribution in [0.2, 0.25) is 0 Å². The van der Waals surface area contributed by atoms with E-state index >= 15 is 0 Å². The van der Waals surface area contributed by atoms with Gasteiger partial charge in [-0.25, -0.2) is 19.4 Å². The summed E-state index contributed by atoms with van der Waals surface area (Å²) in [6, 6.07) is 9.70. The fourth-order valence-electron chi connectivity index (χ4n) is 3.50. The molecule has 0 fully saturated rings. The number of ketones is 1. The van der Waals surface area contributed by atoms with Gasteiger partial charge in [0.25, 0.3) is 0 Å². The first-order valence-corrected chi connectivity index (χ1v) is 10.5. The van der Waals surface area contributed by atoms with Gasteiger partial charge in [-0.1, -0.05) is 30.0 Å². The number of esters is 1. The van der Waals surface area contributed by atoms with E-state index in [0.29, 0.717) is 33.2 Å². The van der Waals surface area contributed by atoms with Gasteiger partial charge < -0.3 is 9.72 Å². The molecule has 0 bridgehead atoms. The molecule has 1 aromatic carbocycles. The van der Waals surface area contributed by atoms with Crippen LogP contribution in [0.4, 0.5) is 0 Å². The molecule has 3 heterocycles. The number of carbonyl (C=O) groups is 2. The van der Waals surface area contributed by atoms with Crippen LogP contribution in [0.3, 0.4) is 0 Å². The molecule has 0 aliphatic carbocycles. The Balaban J connectivity index is 1.64. The molecule has 0 amide bonds. The van der Waals surface area contributed by atoms with E-state index in [1.54, 1.807) is 24.7 Å². The summed E-state index contributed by atoms with van der Waals surface area (Å²) >= 11 is 1.33. The molecular weight excluding hydrogens is 414 g/mol. The van der Waals surface area contributed by atoms with Gasteiger partial charge in [0.15, 0.2) is 11.4 Å². The number of nitrogens with zero attached hydrogens (tertiary/aromatic N) is 4. The highest BCUT2D eigenvalue weighted by atomic mass is 32.2. The number of benzene rings is 1. The zero-order valence-electron chi connectivity index (χ0n) is 17.5. The molecule has 0 spiro atoms. The van der Waals surface area contributed by atoms with Crippen molar-refractivity contribution in [3.63, 3.8) is 0 Å². The molecular formula is C22H21N5O3S. The summed E-state index contributed by atoms with van der Waals surface area (Å²) in [4.78, 5) is 37.0. The number of hydrogen-bond donors (Lipinski definition) is 1. The number of fused-ring (bicyclic) bond motifs is 1. The molecule has 0 saturated carbocycles. The van der Waals surface area contributed by atoms with E-state index in [1.807, 2.05) is 37.3 Å². The first kappa shape index (κ1) is 20.8. The van der Waals surface area contributed by atoms with Crippen LogP contribution in [-0.2, 0) is 4.74 Å². The predicted octanol–water partition coefficient (Wildman–Crippen LogP) is 3.91. The van der Waals surface area contributed by atoms with Crippen LogP contribution >= 0.6 is 11.8 Å². The van der Waals surface area contributed by atoms with E-state index in [1.165, 1.54) is 25.2 Å². The fourth-order valence-corrected chi connectivity index (χ4v) is 4.44. The lowest BCUT2D eigenvalue weighted by atomic mass is 10.1. The molecule has 4 rings (SSSR count). The number of aryl methyl sites for hydroxylation is 1. The number of aromatic nitrogens is 5. The summed E-state index contributed by atoms with van der Waals surface area (Å²) in [6.45, 7) is 5.31. The third-order valence-electron chi connectivity index (χ3n) is 5.06. The monoisotopic (exact) mass is 435 g/mol. The Labute approximate surface area is 183 Å². The zero-order chi connectivity index (χ0) is 22.1. The number of methoxy groups -OCH3 is 1. The quantitative estimate of drug-likeness (QED) is 0.212. The van der Waals surface area contributed by atoms with Crippen molar-refractivity contribution in [3.05, 3.63) is 65.4 Å². The summed E-state index contributed by atoms with van der Waals surface area (Å²) in [6.07, 6.45) is 3.18. The van der Waals surface area contributed by atoms with Crippen LogP contribution in [0.25, 0.3) is 16.7 Å². The van der Waals surface area contributed by atoms with Gasteiger partial charge in [0.1, 0.15) is 11.4 Å². The number of carbonyl (C=O) groups excluding carboxylic acids is 2. The first-order valence-electron chi connectivity index (χ1n) is 9.64. The molecule has 1 atom stereocenters. The van der Waals surface area contributed by atoms with Crippen molar-refractivity contribution in [1.29, 1.82) is 0 Å². The summed E-state index contributed by atoms with van der Waals surface area (Å²) in [7, 11) is 1.32. The second-order valence-corrected chi connectivity index (χ2v) is 8.38. The minimum Gasteiger partial charge on any atom is -0.465 e. The Hall–Kier alpha value is -3.46. The van der Waals surface area contributed by atoms with Crippen LogP contribution in [0.15, 0.2) is 47.9 Å². The van der Waals surface area contributed by atoms with Crippen molar-refractivity contribution in [2.24, 2.45) is 0 Å². The number of nitrogens with one attached hydrogen (secondary N) is 1. The lowest BCUT2D eigenvalue weighted by Crippen LogP contribution is -2.16. The second-order valence-electron chi connectivity index (χ2n) is 7.05. The third-order valence-corrected chi connectivity index (χ3v) is 6.18. The van der Waals surface area contributed by atoms with Crippen molar-refractivity contribution < 1.29 is 14.3 Å². The molecule has 158 valence electrons. The molecule has 8 nitrogen and oxygen atoms in total. The van der Waals surface area contributed by atoms with E-state index in [2.05, 4.69) is 20.1 Å². The van der Waals surface area contributed by atoms with Crippen LogP contribution in [0.1, 0.15) is 39.0 Å². The van der Waals surface area contributed by atoms with E-state index in [-0.39, 0.29) is 5.78 Å². The standard InChI is InChI=1S/C22H21N5O3S/c1-12-17(22(29)30-4)13(2)26-18(12)19(28)14(3)31-21-16-10-25-27(20(16)23-11-24-21)15-8-6-5-7-9-15/h5-11,14,26H,1-4H3. The average Bonchev–Trinajstić information content (AvgIpc) is 3.34. The molecule has 9 heteroatoms. The van der Waals surface area contributed by atoms with E-state index in [0.717, 1.165) is 11.1 Å². The number of para-hydroxylation sites is 1. The van der Waals surface area contributed by atoms with Crippen LogP contribution < -0.4 is 0 Å². The molecule has 3 aromatic heterocycles. The topological polar surface area (TPSA) is 103 Å². The van der Waals surface area contributed by atoms with Gasteiger partial charge in [-0.15, -0.1) is 0 Å². The van der Waals surface area contributed by atoms with Crippen LogP contribution in [0.5, 0.6) is 0 Å². The first-order chi connectivity index (χ1) is 14.9. The molecule has 0 aliphatic heterocycles. The Kier molecular flexibility index (Phi) is 5.60. The van der Waals surface area contributed by atoms with E-state index < -0.39 is 11.2 Å². The molecule has 31 heavy (non-hydrogen) atoms. The molecule has 1 unspecified atom stereocenters. The van der Waals surface area contributed by atoms with Gasteiger partial charge in [0, 0.05) is 5.69 Å². The smallest absolute Gasteiger partial charge is 0.339 e. The van der Waals surface area contributed by atoms with Crippen LogP contribution in [-0.4, -0.2) is 48.8 Å². The number of aromatic amines is 1. The summed E-state index contributed by atoms with van der Waals surface area (Å²) < 4.78 is 6.58. The van der Waals surface area contributed by atoms with Gasteiger partial charge >= 0.3 is 5.97 Å². The Morgan fingerprint density at radius 3 is 2.61 bits per heavy atom. The highest BCUT2D eigenvalue weighted by Gasteiger charge is 2.27. The Bertz CT molecular complexity index is 1280.